The number of nitro groups is 1. The van der Waals surface area contributed by atoms with E-state index in [4.69, 9.17) is 16.2 Å². The molecule has 0 aromatic heterocycles. The summed E-state index contributed by atoms with van der Waals surface area (Å²) in [6.45, 7) is 0. The van der Waals surface area contributed by atoms with Crippen molar-refractivity contribution in [3.05, 3.63) is 33.3 Å². The Morgan fingerprint density at radius 2 is 1.93 bits per heavy atom. The van der Waals surface area contributed by atoms with Gasteiger partial charge in [-0.25, -0.2) is 0 Å². The molecule has 0 aliphatic heterocycles. The van der Waals surface area contributed by atoms with Gasteiger partial charge in [0.05, 0.1) is 4.92 Å². The average molecular weight is 262 g/mol. The zero-order chi connectivity index (χ0) is 10.9. The fourth-order valence-electron chi connectivity index (χ4n) is 0.793. The van der Waals surface area contributed by atoms with Crippen molar-refractivity contribution in [3.8, 4) is 0 Å². The first-order valence-corrected chi connectivity index (χ1v) is 5.05. The van der Waals surface area contributed by atoms with E-state index in [0.29, 0.717) is 6.07 Å². The number of nitro benzene ring substituents is 1. The standard InChI is InChI=1S/C6H4ClNO5S.Na.H/c7-5-2-1-4(14(11,12)13)3-6(5)8(9)10;;/h1-3H,(H,11,12,13);;. The summed E-state index contributed by atoms with van der Waals surface area (Å²) in [6, 6.07) is 2.70. The number of hydrogen-bond donors (Lipinski definition) is 1. The average Bonchev–Trinajstić information content (AvgIpc) is 2.02. The van der Waals surface area contributed by atoms with Crippen LogP contribution in [-0.2, 0) is 10.1 Å². The van der Waals surface area contributed by atoms with Gasteiger partial charge in [0.1, 0.15) is 9.92 Å². The van der Waals surface area contributed by atoms with Crippen LogP contribution in [0.3, 0.4) is 0 Å². The Hall–Kier alpha value is -0.180. The summed E-state index contributed by atoms with van der Waals surface area (Å²) in [6.07, 6.45) is 0. The molecule has 1 aromatic rings. The van der Waals surface area contributed by atoms with Crippen LogP contribution in [0.5, 0.6) is 0 Å². The van der Waals surface area contributed by atoms with Crippen LogP contribution in [0.25, 0.3) is 0 Å². The van der Waals surface area contributed by atoms with Gasteiger partial charge in [-0.3, -0.25) is 14.7 Å². The minimum absolute atomic E-state index is 0. The van der Waals surface area contributed by atoms with Crippen LogP contribution in [0.2, 0.25) is 5.02 Å². The third-order valence-corrected chi connectivity index (χ3v) is 2.58. The molecule has 0 aliphatic carbocycles. The molecule has 15 heavy (non-hydrogen) atoms. The van der Waals surface area contributed by atoms with Gasteiger partial charge in [-0.1, -0.05) is 11.6 Å². The third kappa shape index (κ3) is 3.71. The molecule has 0 atom stereocenters. The molecule has 0 spiro atoms. The second kappa shape index (κ2) is 5.24. The maximum absolute atomic E-state index is 10.6. The summed E-state index contributed by atoms with van der Waals surface area (Å²) in [5.41, 5.74) is -0.568. The van der Waals surface area contributed by atoms with E-state index in [0.717, 1.165) is 12.1 Å². The molecule has 78 valence electrons. The molecule has 0 heterocycles. The van der Waals surface area contributed by atoms with Crippen LogP contribution in [0.4, 0.5) is 5.69 Å². The summed E-state index contributed by atoms with van der Waals surface area (Å²) in [5.74, 6) is 0. The summed E-state index contributed by atoms with van der Waals surface area (Å²) >= 11 is 5.42. The van der Waals surface area contributed by atoms with E-state index in [9.17, 15) is 18.5 Å². The topological polar surface area (TPSA) is 97.5 Å². The van der Waals surface area contributed by atoms with Gasteiger partial charge in [-0.05, 0) is 12.1 Å². The molecule has 0 aliphatic rings. The molecular formula is C6H5ClNNaO5S. The molecule has 0 saturated carbocycles. The molecule has 0 amide bonds. The van der Waals surface area contributed by atoms with E-state index < -0.39 is 25.6 Å². The van der Waals surface area contributed by atoms with Crippen LogP contribution in [0.1, 0.15) is 0 Å². The van der Waals surface area contributed by atoms with Crippen molar-refractivity contribution in [2.45, 2.75) is 4.90 Å². The monoisotopic (exact) mass is 261 g/mol. The molecule has 0 radical (unpaired) electrons. The van der Waals surface area contributed by atoms with Gasteiger partial charge in [-0.15, -0.1) is 0 Å². The van der Waals surface area contributed by atoms with Crippen molar-refractivity contribution in [1.29, 1.82) is 0 Å². The third-order valence-electron chi connectivity index (χ3n) is 1.41. The van der Waals surface area contributed by atoms with Crippen LogP contribution in [-0.4, -0.2) is 47.5 Å². The minimum atomic E-state index is -4.44. The number of rotatable bonds is 2. The fraction of sp³-hybridized carbons (Fsp3) is 0. The zero-order valence-corrected chi connectivity index (χ0v) is 8.12. The van der Waals surface area contributed by atoms with Crippen LogP contribution >= 0.6 is 11.6 Å². The quantitative estimate of drug-likeness (QED) is 0.368. The van der Waals surface area contributed by atoms with Gasteiger partial charge >= 0.3 is 29.6 Å². The Bertz CT molecular complexity index is 488. The molecule has 1 aromatic carbocycles. The van der Waals surface area contributed by atoms with Crippen molar-refractivity contribution in [2.75, 3.05) is 0 Å². The molecule has 1 rings (SSSR count). The molecule has 0 bridgehead atoms. The molecule has 9 heteroatoms. The van der Waals surface area contributed by atoms with Gasteiger partial charge in [0.2, 0.25) is 0 Å². The first-order chi connectivity index (χ1) is 6.32. The van der Waals surface area contributed by atoms with Crippen molar-refractivity contribution in [2.24, 2.45) is 0 Å². The van der Waals surface area contributed by atoms with Crippen molar-refractivity contribution in [3.63, 3.8) is 0 Å². The predicted octanol–water partition coefficient (Wildman–Crippen LogP) is 0.846. The number of hydrogen-bond acceptors (Lipinski definition) is 4. The van der Waals surface area contributed by atoms with Gasteiger partial charge < -0.3 is 0 Å². The summed E-state index contributed by atoms with van der Waals surface area (Å²) in [7, 11) is -4.44. The molecule has 0 unspecified atom stereocenters. The number of benzene rings is 1. The van der Waals surface area contributed by atoms with Gasteiger partial charge in [0.25, 0.3) is 15.8 Å². The predicted molar refractivity (Wildman–Crippen MR) is 55.1 cm³/mol. The van der Waals surface area contributed by atoms with Crippen molar-refractivity contribution < 1.29 is 17.9 Å². The van der Waals surface area contributed by atoms with E-state index in [1.54, 1.807) is 0 Å². The number of halogens is 1. The summed E-state index contributed by atoms with van der Waals surface area (Å²) in [4.78, 5) is 8.95. The second-order valence-electron chi connectivity index (χ2n) is 2.35. The van der Waals surface area contributed by atoms with E-state index in [1.165, 1.54) is 0 Å². The molecule has 0 saturated heterocycles. The second-order valence-corrected chi connectivity index (χ2v) is 4.17. The first kappa shape index (κ1) is 14.8. The number of nitrogens with zero attached hydrogens (tertiary/aromatic N) is 1. The van der Waals surface area contributed by atoms with E-state index in [2.05, 4.69) is 0 Å². The van der Waals surface area contributed by atoms with Crippen LogP contribution in [0, 0.1) is 10.1 Å². The normalized spacial score (nSPS) is 10.5. The van der Waals surface area contributed by atoms with Gasteiger partial charge in [-0.2, -0.15) is 8.42 Å². The Balaban J connectivity index is 0.00000196. The first-order valence-electron chi connectivity index (χ1n) is 3.24. The van der Waals surface area contributed by atoms with Crippen molar-refractivity contribution >= 4 is 57.0 Å². The fourth-order valence-corrected chi connectivity index (χ4v) is 1.48. The van der Waals surface area contributed by atoms with E-state index in [1.807, 2.05) is 0 Å². The van der Waals surface area contributed by atoms with Crippen LogP contribution < -0.4 is 0 Å². The summed E-state index contributed by atoms with van der Waals surface area (Å²) < 4.78 is 29.8. The Morgan fingerprint density at radius 1 is 1.40 bits per heavy atom. The molecular weight excluding hydrogens is 257 g/mol. The van der Waals surface area contributed by atoms with Gasteiger partial charge in [0.15, 0.2) is 0 Å². The van der Waals surface area contributed by atoms with Gasteiger partial charge in [0, 0.05) is 6.07 Å². The Labute approximate surface area is 112 Å². The molecule has 6 nitrogen and oxygen atoms in total. The van der Waals surface area contributed by atoms with E-state index in [-0.39, 0.29) is 34.6 Å². The molecule has 1 N–H and O–H groups in total. The Morgan fingerprint density at radius 3 is 2.33 bits per heavy atom. The van der Waals surface area contributed by atoms with Crippen molar-refractivity contribution in [1.82, 2.24) is 0 Å². The Kier molecular flexibility index (Phi) is 5.18. The summed E-state index contributed by atoms with van der Waals surface area (Å²) in [5, 5.41) is 10.2. The maximum atomic E-state index is 10.6. The SMILES string of the molecule is O=[N+]([O-])c1cc(S(=O)(=O)O)ccc1Cl.[NaH]. The molecule has 0 fully saturated rings. The van der Waals surface area contributed by atoms with E-state index >= 15 is 0 Å². The zero-order valence-electron chi connectivity index (χ0n) is 6.55. The van der Waals surface area contributed by atoms with Crippen LogP contribution in [0.15, 0.2) is 23.1 Å².